The van der Waals surface area contributed by atoms with Crippen molar-refractivity contribution in [3.63, 3.8) is 0 Å². The van der Waals surface area contributed by atoms with Gasteiger partial charge in [-0.1, -0.05) is 0 Å². The Morgan fingerprint density at radius 3 is 2.10 bits per heavy atom. The fraction of sp³-hybridized carbons (Fsp3) is 0.400. The first kappa shape index (κ1) is 16.7. The first-order valence-corrected chi connectivity index (χ1v) is 6.90. The molecule has 0 aliphatic heterocycles. The van der Waals surface area contributed by atoms with Crippen LogP contribution in [0.4, 0.5) is 5.69 Å². The van der Waals surface area contributed by atoms with Gasteiger partial charge in [0.1, 0.15) is 0 Å². The molecular formula is C15H20N2O4. The Morgan fingerprint density at radius 2 is 1.62 bits per heavy atom. The maximum Gasteiger partial charge on any atom is 0.338 e. The van der Waals surface area contributed by atoms with Gasteiger partial charge in [-0.3, -0.25) is 9.59 Å². The molecule has 21 heavy (non-hydrogen) atoms. The number of nitrogens with one attached hydrogen (secondary N) is 1. The quantitative estimate of drug-likeness (QED) is 0.661. The third-order valence-electron chi connectivity index (χ3n) is 2.90. The molecule has 0 aliphatic carbocycles. The van der Waals surface area contributed by atoms with E-state index in [4.69, 9.17) is 4.74 Å². The van der Waals surface area contributed by atoms with Crippen molar-refractivity contribution in [1.29, 1.82) is 0 Å². The van der Waals surface area contributed by atoms with Crippen LogP contribution in [0.15, 0.2) is 24.3 Å². The van der Waals surface area contributed by atoms with Crippen molar-refractivity contribution in [2.24, 2.45) is 0 Å². The summed E-state index contributed by atoms with van der Waals surface area (Å²) in [5.41, 5.74) is 0.846. The second-order valence-electron chi connectivity index (χ2n) is 4.23. The van der Waals surface area contributed by atoms with E-state index in [1.165, 1.54) is 17.0 Å². The van der Waals surface area contributed by atoms with Crippen LogP contribution in [0, 0.1) is 0 Å². The molecule has 0 atom stereocenters. The molecule has 0 aliphatic rings. The van der Waals surface area contributed by atoms with Crippen molar-refractivity contribution in [2.45, 2.75) is 20.8 Å². The standard InChI is InChI=1S/C15H20N2O4/c1-4-17(5-2)14(19)13(18)16-12-9-7-11(8-10-12)15(20)21-6-3/h7-10H,4-6H2,1-3H3,(H,16,18). The van der Waals surface area contributed by atoms with E-state index in [0.717, 1.165) is 0 Å². The van der Waals surface area contributed by atoms with E-state index in [0.29, 0.717) is 30.9 Å². The molecule has 1 aromatic rings. The molecule has 1 aromatic carbocycles. The number of carbonyl (C=O) groups is 3. The number of ether oxygens (including phenoxy) is 1. The minimum atomic E-state index is -0.692. The number of amides is 2. The van der Waals surface area contributed by atoms with Gasteiger partial charge in [-0.2, -0.15) is 0 Å². The second kappa shape index (κ2) is 8.04. The highest BCUT2D eigenvalue weighted by molar-refractivity contribution is 6.39. The highest BCUT2D eigenvalue weighted by atomic mass is 16.5. The summed E-state index contributed by atoms with van der Waals surface area (Å²) in [6, 6.07) is 6.18. The zero-order valence-corrected chi connectivity index (χ0v) is 12.5. The van der Waals surface area contributed by atoms with E-state index in [-0.39, 0.29) is 0 Å². The van der Waals surface area contributed by atoms with E-state index in [9.17, 15) is 14.4 Å². The molecule has 0 fully saturated rings. The summed E-state index contributed by atoms with van der Waals surface area (Å²) in [5, 5.41) is 2.51. The molecule has 0 bridgehead atoms. The summed E-state index contributed by atoms with van der Waals surface area (Å²) in [7, 11) is 0. The number of likely N-dealkylation sites (N-methyl/N-ethyl adjacent to an activating group) is 1. The summed E-state index contributed by atoms with van der Waals surface area (Å²) >= 11 is 0. The zero-order chi connectivity index (χ0) is 15.8. The number of carbonyl (C=O) groups excluding carboxylic acids is 3. The van der Waals surface area contributed by atoms with Crippen LogP contribution in [0.3, 0.4) is 0 Å². The second-order valence-corrected chi connectivity index (χ2v) is 4.23. The van der Waals surface area contributed by atoms with Crippen LogP contribution < -0.4 is 5.32 Å². The summed E-state index contributed by atoms with van der Waals surface area (Å²) in [4.78, 5) is 36.5. The predicted octanol–water partition coefficient (Wildman–Crippen LogP) is 1.67. The van der Waals surface area contributed by atoms with Crippen LogP contribution in [0.25, 0.3) is 0 Å². The smallest absolute Gasteiger partial charge is 0.338 e. The van der Waals surface area contributed by atoms with E-state index in [2.05, 4.69) is 5.32 Å². The van der Waals surface area contributed by atoms with Gasteiger partial charge in [-0.15, -0.1) is 0 Å². The Balaban J connectivity index is 2.69. The van der Waals surface area contributed by atoms with Crippen LogP contribution in [-0.4, -0.2) is 42.4 Å². The fourth-order valence-electron chi connectivity index (χ4n) is 1.74. The van der Waals surface area contributed by atoms with Crippen molar-refractivity contribution >= 4 is 23.5 Å². The highest BCUT2D eigenvalue weighted by Gasteiger charge is 2.19. The van der Waals surface area contributed by atoms with Crippen molar-refractivity contribution in [1.82, 2.24) is 4.90 Å². The summed E-state index contributed by atoms with van der Waals surface area (Å²) in [5.74, 6) is -1.69. The molecule has 1 rings (SSSR count). The topological polar surface area (TPSA) is 75.7 Å². The maximum absolute atomic E-state index is 11.8. The molecule has 6 heteroatoms. The van der Waals surface area contributed by atoms with Crippen molar-refractivity contribution in [2.75, 3.05) is 25.0 Å². The molecule has 1 N–H and O–H groups in total. The number of esters is 1. The van der Waals surface area contributed by atoms with Crippen LogP contribution >= 0.6 is 0 Å². The zero-order valence-electron chi connectivity index (χ0n) is 12.5. The number of hydrogen-bond donors (Lipinski definition) is 1. The number of hydrogen-bond acceptors (Lipinski definition) is 4. The van der Waals surface area contributed by atoms with Gasteiger partial charge in [0.05, 0.1) is 12.2 Å². The number of nitrogens with zero attached hydrogens (tertiary/aromatic N) is 1. The van der Waals surface area contributed by atoms with Crippen LogP contribution in [0.5, 0.6) is 0 Å². The number of benzene rings is 1. The SMILES string of the molecule is CCOC(=O)c1ccc(NC(=O)C(=O)N(CC)CC)cc1. The van der Waals surface area contributed by atoms with Crippen LogP contribution in [0.2, 0.25) is 0 Å². The lowest BCUT2D eigenvalue weighted by atomic mass is 10.2. The maximum atomic E-state index is 11.8. The molecule has 0 saturated heterocycles. The van der Waals surface area contributed by atoms with E-state index in [1.54, 1.807) is 19.1 Å². The van der Waals surface area contributed by atoms with Gasteiger partial charge in [0.15, 0.2) is 0 Å². The van der Waals surface area contributed by atoms with Gasteiger partial charge in [0, 0.05) is 18.8 Å². The average molecular weight is 292 g/mol. The molecular weight excluding hydrogens is 272 g/mol. The normalized spacial score (nSPS) is 9.86. The molecule has 0 saturated carbocycles. The fourth-order valence-corrected chi connectivity index (χ4v) is 1.74. The van der Waals surface area contributed by atoms with Gasteiger partial charge in [0.25, 0.3) is 0 Å². The molecule has 2 amide bonds. The molecule has 0 spiro atoms. The molecule has 114 valence electrons. The Bertz CT molecular complexity index is 507. The monoisotopic (exact) mass is 292 g/mol. The van der Waals surface area contributed by atoms with E-state index < -0.39 is 17.8 Å². The molecule has 0 aromatic heterocycles. The highest BCUT2D eigenvalue weighted by Crippen LogP contribution is 2.11. The third-order valence-corrected chi connectivity index (χ3v) is 2.90. The van der Waals surface area contributed by atoms with Crippen molar-refractivity contribution in [3.05, 3.63) is 29.8 Å². The minimum Gasteiger partial charge on any atom is -0.462 e. The molecule has 0 unspecified atom stereocenters. The van der Waals surface area contributed by atoms with Gasteiger partial charge in [-0.05, 0) is 45.0 Å². The molecule has 0 heterocycles. The minimum absolute atomic E-state index is 0.301. The van der Waals surface area contributed by atoms with E-state index in [1.807, 2.05) is 13.8 Å². The lowest BCUT2D eigenvalue weighted by molar-refractivity contribution is -0.142. The Morgan fingerprint density at radius 1 is 1.05 bits per heavy atom. The van der Waals surface area contributed by atoms with Gasteiger partial charge < -0.3 is 15.0 Å². The predicted molar refractivity (Wildman–Crippen MR) is 79.0 cm³/mol. The number of anilines is 1. The first-order valence-electron chi connectivity index (χ1n) is 6.90. The summed E-state index contributed by atoms with van der Waals surface area (Å²) in [6.07, 6.45) is 0. The Kier molecular flexibility index (Phi) is 6.39. The Hall–Kier alpha value is -2.37. The van der Waals surface area contributed by atoms with Gasteiger partial charge in [0.2, 0.25) is 0 Å². The third kappa shape index (κ3) is 4.59. The van der Waals surface area contributed by atoms with Gasteiger partial charge in [-0.25, -0.2) is 4.79 Å². The Labute approximate surface area is 124 Å². The lowest BCUT2D eigenvalue weighted by Gasteiger charge is -2.17. The first-order chi connectivity index (χ1) is 10.0. The van der Waals surface area contributed by atoms with Crippen molar-refractivity contribution < 1.29 is 19.1 Å². The van der Waals surface area contributed by atoms with Gasteiger partial charge >= 0.3 is 17.8 Å². The molecule has 6 nitrogen and oxygen atoms in total. The molecule has 0 radical (unpaired) electrons. The summed E-state index contributed by atoms with van der Waals surface area (Å²) < 4.78 is 4.86. The number of rotatable bonds is 5. The largest absolute Gasteiger partial charge is 0.462 e. The van der Waals surface area contributed by atoms with Crippen LogP contribution in [0.1, 0.15) is 31.1 Å². The van der Waals surface area contributed by atoms with Crippen LogP contribution in [-0.2, 0) is 14.3 Å². The lowest BCUT2D eigenvalue weighted by Crippen LogP contribution is -2.39. The van der Waals surface area contributed by atoms with Crippen molar-refractivity contribution in [3.8, 4) is 0 Å². The average Bonchev–Trinajstić information content (AvgIpc) is 2.49. The van der Waals surface area contributed by atoms with E-state index >= 15 is 0 Å². The summed E-state index contributed by atoms with van der Waals surface area (Å²) in [6.45, 7) is 6.60.